The molecule has 0 radical (unpaired) electrons. The Morgan fingerprint density at radius 1 is 0.917 bits per heavy atom. The zero-order valence-corrected chi connectivity index (χ0v) is 13.4. The van der Waals surface area contributed by atoms with Gasteiger partial charge in [-0.3, -0.25) is 19.2 Å². The maximum atomic E-state index is 12.0. The molecule has 0 aromatic heterocycles. The number of carbonyl (C=O) groups excluding carboxylic acids is 2. The van der Waals surface area contributed by atoms with Gasteiger partial charge in [-0.2, -0.15) is 12.6 Å². The number of nitrogens with one attached hydrogen (secondary N) is 2. The van der Waals surface area contributed by atoms with E-state index >= 15 is 0 Å². The Morgan fingerprint density at radius 2 is 1.46 bits per heavy atom. The van der Waals surface area contributed by atoms with Gasteiger partial charge in [0.05, 0.1) is 12.5 Å². The van der Waals surface area contributed by atoms with Crippen molar-refractivity contribution in [3.8, 4) is 0 Å². The number of hydrogen-bond donors (Lipinski definition) is 7. The molecule has 0 aliphatic heterocycles. The zero-order valence-electron chi connectivity index (χ0n) is 12.5. The van der Waals surface area contributed by atoms with Crippen molar-refractivity contribution in [3.05, 3.63) is 0 Å². The molecular formula is C12H19N3O8S. The molecule has 7 N–H and O–H groups in total. The lowest BCUT2D eigenvalue weighted by atomic mass is 10.1. The van der Waals surface area contributed by atoms with Crippen LogP contribution in [0.5, 0.6) is 0 Å². The number of carbonyl (C=O) groups is 5. The maximum absolute atomic E-state index is 12.0. The zero-order chi connectivity index (χ0) is 18.9. The number of hydrogen-bond acceptors (Lipinski definition) is 7. The van der Waals surface area contributed by atoms with E-state index in [1.807, 2.05) is 0 Å². The summed E-state index contributed by atoms with van der Waals surface area (Å²) in [4.78, 5) is 55.8. The first kappa shape index (κ1) is 21.7. The molecule has 0 aliphatic carbocycles. The molecule has 3 atom stereocenters. The lowest BCUT2D eigenvalue weighted by Crippen LogP contribution is -2.55. The third-order valence-corrected chi connectivity index (χ3v) is 3.17. The van der Waals surface area contributed by atoms with Crippen molar-refractivity contribution >= 4 is 42.4 Å². The molecule has 0 aromatic carbocycles. The van der Waals surface area contributed by atoms with Crippen LogP contribution in [-0.2, 0) is 24.0 Å². The summed E-state index contributed by atoms with van der Waals surface area (Å²) in [7, 11) is 0. The Morgan fingerprint density at radius 3 is 1.88 bits per heavy atom. The number of rotatable bonds is 11. The number of carboxylic acid groups (broad SMARTS) is 3. The van der Waals surface area contributed by atoms with E-state index < -0.39 is 60.7 Å². The molecule has 0 saturated heterocycles. The van der Waals surface area contributed by atoms with Gasteiger partial charge < -0.3 is 31.7 Å². The summed E-state index contributed by atoms with van der Waals surface area (Å²) >= 11 is 3.76. The normalized spacial score (nSPS) is 14.1. The topological polar surface area (TPSA) is 196 Å². The van der Waals surface area contributed by atoms with Gasteiger partial charge in [0.2, 0.25) is 11.8 Å². The van der Waals surface area contributed by atoms with Crippen molar-refractivity contribution in [2.24, 2.45) is 5.73 Å². The Bertz CT molecular complexity index is 513. The highest BCUT2D eigenvalue weighted by molar-refractivity contribution is 7.80. The van der Waals surface area contributed by atoms with E-state index in [9.17, 15) is 24.0 Å². The van der Waals surface area contributed by atoms with E-state index in [0.717, 1.165) is 0 Å². The predicted molar refractivity (Wildman–Crippen MR) is 82.4 cm³/mol. The Kier molecular flexibility index (Phi) is 9.42. The fourth-order valence-electron chi connectivity index (χ4n) is 1.55. The summed E-state index contributed by atoms with van der Waals surface area (Å²) in [5.41, 5.74) is 5.35. The van der Waals surface area contributed by atoms with Crippen LogP contribution >= 0.6 is 12.6 Å². The SMILES string of the molecule is NC(CC(=O)O)C(=O)NC(CCC(=O)O)C(=O)NC(CS)C(=O)O. The summed E-state index contributed by atoms with van der Waals surface area (Å²) < 4.78 is 0. The van der Waals surface area contributed by atoms with Gasteiger partial charge in [0.15, 0.2) is 0 Å². The number of thiol groups is 1. The molecule has 0 heterocycles. The Balaban J connectivity index is 4.98. The minimum atomic E-state index is -1.44. The van der Waals surface area contributed by atoms with Gasteiger partial charge in [-0.05, 0) is 6.42 Å². The summed E-state index contributed by atoms with van der Waals surface area (Å²) in [6, 6.07) is -4.16. The Hall–Kier alpha value is -2.34. The van der Waals surface area contributed by atoms with Crippen molar-refractivity contribution in [1.29, 1.82) is 0 Å². The van der Waals surface area contributed by atoms with Crippen LogP contribution in [-0.4, -0.2) is 68.9 Å². The first-order valence-corrected chi connectivity index (χ1v) is 7.35. The van der Waals surface area contributed by atoms with Crippen molar-refractivity contribution in [1.82, 2.24) is 10.6 Å². The van der Waals surface area contributed by atoms with Crippen LogP contribution in [0, 0.1) is 0 Å². The highest BCUT2D eigenvalue weighted by atomic mass is 32.1. The highest BCUT2D eigenvalue weighted by Crippen LogP contribution is 2.02. The third kappa shape index (κ3) is 8.33. The second-order valence-electron chi connectivity index (χ2n) is 4.78. The van der Waals surface area contributed by atoms with Gasteiger partial charge in [-0.25, -0.2) is 4.79 Å². The molecule has 0 fully saturated rings. The number of amides is 2. The van der Waals surface area contributed by atoms with Crippen LogP contribution in [0.15, 0.2) is 0 Å². The first-order chi connectivity index (χ1) is 11.1. The van der Waals surface area contributed by atoms with Crippen molar-refractivity contribution in [2.45, 2.75) is 37.4 Å². The summed E-state index contributed by atoms with van der Waals surface area (Å²) in [6.45, 7) is 0. The Labute approximate surface area is 142 Å². The summed E-state index contributed by atoms with van der Waals surface area (Å²) in [5.74, 6) is -6.05. The molecule has 0 spiro atoms. The summed E-state index contributed by atoms with van der Waals surface area (Å²) in [6.07, 6.45) is -1.50. The molecule has 0 saturated carbocycles. The fraction of sp³-hybridized carbons (Fsp3) is 0.583. The lowest BCUT2D eigenvalue weighted by molar-refractivity contribution is -0.142. The monoisotopic (exact) mass is 365 g/mol. The number of carboxylic acids is 3. The third-order valence-electron chi connectivity index (χ3n) is 2.81. The van der Waals surface area contributed by atoms with Gasteiger partial charge in [0.1, 0.15) is 12.1 Å². The number of aliphatic carboxylic acids is 3. The molecule has 0 bridgehead atoms. The average molecular weight is 365 g/mol. The smallest absolute Gasteiger partial charge is 0.327 e. The first-order valence-electron chi connectivity index (χ1n) is 6.72. The van der Waals surface area contributed by atoms with E-state index in [1.165, 1.54) is 0 Å². The van der Waals surface area contributed by atoms with Crippen molar-refractivity contribution in [2.75, 3.05) is 5.75 Å². The quantitative estimate of drug-likeness (QED) is 0.196. The minimum Gasteiger partial charge on any atom is -0.481 e. The standard InChI is InChI=1S/C12H19N3O8S/c13-5(3-9(18)19)10(20)14-6(1-2-8(16)17)11(21)15-7(4-24)12(22)23/h5-7,24H,1-4,13H2,(H,14,20)(H,15,21)(H,16,17)(H,18,19)(H,22,23). The molecule has 12 heteroatoms. The van der Waals surface area contributed by atoms with Crippen molar-refractivity contribution in [3.63, 3.8) is 0 Å². The minimum absolute atomic E-state index is 0.223. The average Bonchev–Trinajstić information content (AvgIpc) is 2.46. The van der Waals surface area contributed by atoms with Crippen LogP contribution in [0.3, 0.4) is 0 Å². The lowest BCUT2D eigenvalue weighted by Gasteiger charge is -2.21. The van der Waals surface area contributed by atoms with Crippen LogP contribution < -0.4 is 16.4 Å². The number of nitrogens with two attached hydrogens (primary N) is 1. The molecule has 11 nitrogen and oxygen atoms in total. The maximum Gasteiger partial charge on any atom is 0.327 e. The largest absolute Gasteiger partial charge is 0.481 e. The van der Waals surface area contributed by atoms with Gasteiger partial charge in [0.25, 0.3) is 0 Å². The predicted octanol–water partition coefficient (Wildman–Crippen LogP) is -2.36. The second-order valence-corrected chi connectivity index (χ2v) is 5.15. The van der Waals surface area contributed by atoms with Crippen LogP contribution in [0.25, 0.3) is 0 Å². The van der Waals surface area contributed by atoms with E-state index in [1.54, 1.807) is 0 Å². The molecule has 0 rings (SSSR count). The molecule has 0 aromatic rings. The van der Waals surface area contributed by atoms with Crippen LogP contribution in [0.1, 0.15) is 19.3 Å². The molecule has 24 heavy (non-hydrogen) atoms. The van der Waals surface area contributed by atoms with Gasteiger partial charge in [0, 0.05) is 12.2 Å². The fourth-order valence-corrected chi connectivity index (χ4v) is 1.80. The van der Waals surface area contributed by atoms with Gasteiger partial charge in [-0.15, -0.1) is 0 Å². The highest BCUT2D eigenvalue weighted by Gasteiger charge is 2.28. The van der Waals surface area contributed by atoms with Crippen LogP contribution in [0.2, 0.25) is 0 Å². The van der Waals surface area contributed by atoms with E-state index in [4.69, 9.17) is 21.1 Å². The van der Waals surface area contributed by atoms with Gasteiger partial charge >= 0.3 is 17.9 Å². The molecule has 136 valence electrons. The molecule has 2 amide bonds. The van der Waals surface area contributed by atoms with E-state index in [2.05, 4.69) is 23.3 Å². The second kappa shape index (κ2) is 10.4. The molecule has 0 aliphatic rings. The molecule has 3 unspecified atom stereocenters. The van der Waals surface area contributed by atoms with E-state index in [-0.39, 0.29) is 12.2 Å². The van der Waals surface area contributed by atoms with Crippen molar-refractivity contribution < 1.29 is 39.3 Å². The van der Waals surface area contributed by atoms with E-state index in [0.29, 0.717) is 0 Å². The summed E-state index contributed by atoms with van der Waals surface area (Å²) in [5, 5.41) is 30.3. The van der Waals surface area contributed by atoms with Crippen LogP contribution in [0.4, 0.5) is 0 Å². The van der Waals surface area contributed by atoms with Gasteiger partial charge in [-0.1, -0.05) is 0 Å². The molecular weight excluding hydrogens is 346 g/mol.